The van der Waals surface area contributed by atoms with Crippen LogP contribution in [0.3, 0.4) is 0 Å². The van der Waals surface area contributed by atoms with Gasteiger partial charge in [0.1, 0.15) is 6.04 Å². The van der Waals surface area contributed by atoms with Crippen LogP contribution in [0, 0.1) is 11.8 Å². The van der Waals surface area contributed by atoms with Gasteiger partial charge in [-0.05, 0) is 48.6 Å². The molecule has 1 aliphatic rings. The number of aryl methyl sites for hydroxylation is 1. The van der Waals surface area contributed by atoms with Crippen LogP contribution in [0.5, 0.6) is 0 Å². The van der Waals surface area contributed by atoms with E-state index in [1.807, 2.05) is 19.9 Å². The Morgan fingerprint density at radius 2 is 1.95 bits per heavy atom. The minimum Gasteiger partial charge on any atom is -0.480 e. The van der Waals surface area contributed by atoms with Crippen molar-refractivity contribution in [3.63, 3.8) is 0 Å². The van der Waals surface area contributed by atoms with Crippen molar-refractivity contribution in [1.29, 1.82) is 0 Å². The summed E-state index contributed by atoms with van der Waals surface area (Å²) in [7, 11) is 0. The molecule has 0 radical (unpaired) electrons. The zero-order valence-electron chi connectivity index (χ0n) is 13.3. The number of aliphatic carboxylic acids is 1. The highest BCUT2D eigenvalue weighted by molar-refractivity contribution is 5.83. The van der Waals surface area contributed by atoms with Crippen LogP contribution in [0.25, 0.3) is 0 Å². The standard InChI is InChI=1S/C18H25NO3/c1-12(2)9-16(18(21)22)19-17(20)11-13-7-8-14-5-3-4-6-15(14)10-13/h3-6,12-13,16H,7-11H2,1-2H3,(H,19,20)(H,21,22). The fourth-order valence-corrected chi connectivity index (χ4v) is 3.16. The van der Waals surface area contributed by atoms with Crippen molar-refractivity contribution in [1.82, 2.24) is 5.32 Å². The van der Waals surface area contributed by atoms with E-state index in [0.717, 1.165) is 19.3 Å². The molecule has 1 aromatic carbocycles. The summed E-state index contributed by atoms with van der Waals surface area (Å²) in [6.45, 7) is 3.92. The number of carboxylic acids is 1. The second kappa shape index (κ2) is 7.43. The van der Waals surface area contributed by atoms with Gasteiger partial charge in [-0.2, -0.15) is 0 Å². The van der Waals surface area contributed by atoms with Gasteiger partial charge >= 0.3 is 5.97 Å². The summed E-state index contributed by atoms with van der Waals surface area (Å²) in [4.78, 5) is 23.4. The third-order valence-electron chi connectivity index (χ3n) is 4.26. The van der Waals surface area contributed by atoms with Gasteiger partial charge in [-0.1, -0.05) is 38.1 Å². The largest absolute Gasteiger partial charge is 0.480 e. The Bertz CT molecular complexity index is 539. The van der Waals surface area contributed by atoms with E-state index >= 15 is 0 Å². The van der Waals surface area contributed by atoms with Crippen LogP contribution in [0.1, 0.15) is 44.2 Å². The molecule has 22 heavy (non-hydrogen) atoms. The maximum absolute atomic E-state index is 12.1. The molecule has 0 heterocycles. The molecule has 1 amide bonds. The number of amides is 1. The van der Waals surface area contributed by atoms with Crippen LogP contribution >= 0.6 is 0 Å². The van der Waals surface area contributed by atoms with E-state index in [1.165, 1.54) is 11.1 Å². The lowest BCUT2D eigenvalue weighted by atomic mass is 9.82. The summed E-state index contributed by atoms with van der Waals surface area (Å²) < 4.78 is 0. The zero-order chi connectivity index (χ0) is 16.1. The Balaban J connectivity index is 1.88. The SMILES string of the molecule is CC(C)CC(NC(=O)CC1CCc2ccccc2C1)C(=O)O. The first-order valence-corrected chi connectivity index (χ1v) is 8.04. The lowest BCUT2D eigenvalue weighted by Gasteiger charge is -2.25. The van der Waals surface area contributed by atoms with E-state index < -0.39 is 12.0 Å². The van der Waals surface area contributed by atoms with Crippen LogP contribution in [0.2, 0.25) is 0 Å². The topological polar surface area (TPSA) is 66.4 Å². The predicted octanol–water partition coefficient (Wildman–Crippen LogP) is 2.80. The van der Waals surface area contributed by atoms with Crippen molar-refractivity contribution in [3.05, 3.63) is 35.4 Å². The van der Waals surface area contributed by atoms with Crippen LogP contribution in [-0.4, -0.2) is 23.0 Å². The number of hydrogen-bond acceptors (Lipinski definition) is 2. The molecule has 0 aliphatic heterocycles. The predicted molar refractivity (Wildman–Crippen MR) is 85.6 cm³/mol. The average molecular weight is 303 g/mol. The van der Waals surface area contributed by atoms with Crippen molar-refractivity contribution >= 4 is 11.9 Å². The smallest absolute Gasteiger partial charge is 0.326 e. The van der Waals surface area contributed by atoms with Crippen LogP contribution in [0.15, 0.2) is 24.3 Å². The average Bonchev–Trinajstić information content (AvgIpc) is 2.45. The van der Waals surface area contributed by atoms with Gasteiger partial charge in [0, 0.05) is 6.42 Å². The summed E-state index contributed by atoms with van der Waals surface area (Å²) in [6.07, 6.45) is 3.78. The first-order chi connectivity index (χ1) is 10.5. The molecule has 120 valence electrons. The zero-order valence-corrected chi connectivity index (χ0v) is 13.3. The van der Waals surface area contributed by atoms with Crippen molar-refractivity contribution in [2.75, 3.05) is 0 Å². The lowest BCUT2D eigenvalue weighted by Crippen LogP contribution is -2.42. The van der Waals surface area contributed by atoms with Gasteiger partial charge in [-0.3, -0.25) is 4.79 Å². The van der Waals surface area contributed by atoms with Crippen molar-refractivity contribution in [2.45, 2.75) is 52.0 Å². The Morgan fingerprint density at radius 3 is 2.59 bits per heavy atom. The Labute approximate surface area is 131 Å². The van der Waals surface area contributed by atoms with Crippen LogP contribution < -0.4 is 5.32 Å². The highest BCUT2D eigenvalue weighted by Gasteiger charge is 2.24. The molecule has 4 nitrogen and oxygen atoms in total. The summed E-state index contributed by atoms with van der Waals surface area (Å²) in [6, 6.07) is 7.58. The Hall–Kier alpha value is -1.84. The molecule has 2 rings (SSSR count). The summed E-state index contributed by atoms with van der Waals surface area (Å²) in [5, 5.41) is 11.9. The molecule has 2 atom stereocenters. The van der Waals surface area contributed by atoms with E-state index in [0.29, 0.717) is 18.8 Å². The molecular formula is C18H25NO3. The third-order valence-corrected chi connectivity index (χ3v) is 4.26. The molecule has 0 saturated carbocycles. The normalized spacial score (nSPS) is 18.6. The second-order valence-corrected chi connectivity index (χ2v) is 6.67. The second-order valence-electron chi connectivity index (χ2n) is 6.67. The number of fused-ring (bicyclic) bond motifs is 1. The quantitative estimate of drug-likeness (QED) is 0.849. The van der Waals surface area contributed by atoms with Crippen molar-refractivity contribution in [3.8, 4) is 0 Å². The first-order valence-electron chi connectivity index (χ1n) is 8.04. The summed E-state index contributed by atoms with van der Waals surface area (Å²) in [5.74, 6) is -0.542. The molecule has 2 unspecified atom stereocenters. The van der Waals surface area contributed by atoms with Gasteiger partial charge in [-0.25, -0.2) is 4.79 Å². The minimum atomic E-state index is -0.948. The van der Waals surface area contributed by atoms with Crippen LogP contribution in [-0.2, 0) is 22.4 Å². The lowest BCUT2D eigenvalue weighted by molar-refractivity contribution is -0.142. The molecule has 0 spiro atoms. The maximum atomic E-state index is 12.1. The van der Waals surface area contributed by atoms with E-state index in [2.05, 4.69) is 23.5 Å². The molecule has 1 aromatic rings. The molecule has 4 heteroatoms. The molecule has 1 aliphatic carbocycles. The molecule has 2 N–H and O–H groups in total. The van der Waals surface area contributed by atoms with E-state index in [4.69, 9.17) is 0 Å². The number of carbonyl (C=O) groups excluding carboxylic acids is 1. The van der Waals surface area contributed by atoms with Crippen molar-refractivity contribution in [2.24, 2.45) is 11.8 Å². The van der Waals surface area contributed by atoms with Gasteiger partial charge in [0.15, 0.2) is 0 Å². The van der Waals surface area contributed by atoms with Crippen molar-refractivity contribution < 1.29 is 14.7 Å². The van der Waals surface area contributed by atoms with Gasteiger partial charge < -0.3 is 10.4 Å². The fourth-order valence-electron chi connectivity index (χ4n) is 3.16. The van der Waals surface area contributed by atoms with Gasteiger partial charge in [-0.15, -0.1) is 0 Å². The van der Waals surface area contributed by atoms with Crippen LogP contribution in [0.4, 0.5) is 0 Å². The van der Waals surface area contributed by atoms with E-state index in [1.54, 1.807) is 0 Å². The highest BCUT2D eigenvalue weighted by atomic mass is 16.4. The molecule has 0 saturated heterocycles. The Kier molecular flexibility index (Phi) is 5.58. The Morgan fingerprint density at radius 1 is 1.27 bits per heavy atom. The van der Waals surface area contributed by atoms with E-state index in [-0.39, 0.29) is 11.8 Å². The fraction of sp³-hybridized carbons (Fsp3) is 0.556. The number of benzene rings is 1. The van der Waals surface area contributed by atoms with Gasteiger partial charge in [0.05, 0.1) is 0 Å². The minimum absolute atomic E-state index is 0.141. The number of nitrogens with one attached hydrogen (secondary N) is 1. The summed E-state index contributed by atoms with van der Waals surface area (Å²) in [5.41, 5.74) is 2.70. The maximum Gasteiger partial charge on any atom is 0.326 e. The molecular weight excluding hydrogens is 278 g/mol. The van der Waals surface area contributed by atoms with Gasteiger partial charge in [0.25, 0.3) is 0 Å². The third kappa shape index (κ3) is 4.58. The van der Waals surface area contributed by atoms with Gasteiger partial charge in [0.2, 0.25) is 5.91 Å². The number of hydrogen-bond donors (Lipinski definition) is 2. The number of carbonyl (C=O) groups is 2. The molecule has 0 fully saturated rings. The summed E-state index contributed by atoms with van der Waals surface area (Å²) >= 11 is 0. The first kappa shape index (κ1) is 16.5. The molecule has 0 bridgehead atoms. The van der Waals surface area contributed by atoms with E-state index in [9.17, 15) is 14.7 Å². The highest BCUT2D eigenvalue weighted by Crippen LogP contribution is 2.27. The number of rotatable bonds is 6. The monoisotopic (exact) mass is 303 g/mol. The molecule has 0 aromatic heterocycles. The number of carboxylic acid groups (broad SMARTS) is 1.